The van der Waals surface area contributed by atoms with E-state index >= 15 is 0 Å². The first-order valence-electron chi connectivity index (χ1n) is 6.24. The van der Waals surface area contributed by atoms with Crippen molar-refractivity contribution in [1.29, 1.82) is 0 Å². The molecule has 0 atom stereocenters. The summed E-state index contributed by atoms with van der Waals surface area (Å²) in [6.07, 6.45) is 5.94. The Morgan fingerprint density at radius 2 is 2.17 bits per heavy atom. The molecule has 0 saturated carbocycles. The molecule has 0 bridgehead atoms. The maximum Gasteiger partial charge on any atom is 0.122 e. The first-order chi connectivity index (χ1) is 8.72. The minimum absolute atomic E-state index is 0.743. The highest BCUT2D eigenvalue weighted by Gasteiger charge is 2.05. The molecular formula is C14H19N3O. The number of aromatic nitrogens is 3. The maximum atomic E-state index is 5.27. The van der Waals surface area contributed by atoms with Gasteiger partial charge in [-0.25, -0.2) is 4.98 Å². The van der Waals surface area contributed by atoms with Gasteiger partial charge in [-0.05, 0) is 13.3 Å². The Morgan fingerprint density at radius 1 is 1.33 bits per heavy atom. The summed E-state index contributed by atoms with van der Waals surface area (Å²) in [6, 6.07) is 3.91. The molecule has 4 heteroatoms. The van der Waals surface area contributed by atoms with Crippen LogP contribution in [0, 0.1) is 6.92 Å². The molecule has 2 aromatic heterocycles. The predicted molar refractivity (Wildman–Crippen MR) is 70.9 cm³/mol. The Hall–Kier alpha value is -1.84. The monoisotopic (exact) mass is 245 g/mol. The van der Waals surface area contributed by atoms with Crippen LogP contribution in [0.25, 0.3) is 0 Å². The zero-order chi connectivity index (χ0) is 13.0. The van der Waals surface area contributed by atoms with Gasteiger partial charge in [0.2, 0.25) is 0 Å². The van der Waals surface area contributed by atoms with Crippen LogP contribution in [0.5, 0.6) is 5.75 Å². The van der Waals surface area contributed by atoms with Gasteiger partial charge < -0.3 is 9.30 Å². The Balaban J connectivity index is 2.22. The summed E-state index contributed by atoms with van der Waals surface area (Å²) in [7, 11) is 1.68. The molecule has 0 N–H and O–H groups in total. The number of imidazole rings is 1. The van der Waals surface area contributed by atoms with E-state index in [1.807, 2.05) is 31.5 Å². The van der Waals surface area contributed by atoms with Crippen molar-refractivity contribution in [3.63, 3.8) is 0 Å². The lowest BCUT2D eigenvalue weighted by atomic mass is 10.2. The quantitative estimate of drug-likeness (QED) is 0.813. The van der Waals surface area contributed by atoms with Crippen LogP contribution in [0.1, 0.15) is 30.6 Å². The highest BCUT2D eigenvalue weighted by atomic mass is 16.5. The molecule has 0 aliphatic rings. The zero-order valence-electron chi connectivity index (χ0n) is 11.2. The molecule has 0 spiro atoms. The zero-order valence-corrected chi connectivity index (χ0v) is 11.2. The van der Waals surface area contributed by atoms with Gasteiger partial charge in [-0.15, -0.1) is 0 Å². The lowest BCUT2D eigenvalue weighted by molar-refractivity contribution is 0.412. The van der Waals surface area contributed by atoms with Gasteiger partial charge in [0, 0.05) is 36.6 Å². The largest absolute Gasteiger partial charge is 0.497 e. The first kappa shape index (κ1) is 12.6. The van der Waals surface area contributed by atoms with Gasteiger partial charge in [0.25, 0.3) is 0 Å². The third kappa shape index (κ3) is 2.88. The number of nitrogens with zero attached hydrogens (tertiary/aromatic N) is 3. The van der Waals surface area contributed by atoms with E-state index in [1.165, 1.54) is 0 Å². The van der Waals surface area contributed by atoms with Crippen LogP contribution in [0.15, 0.2) is 24.5 Å². The van der Waals surface area contributed by atoms with Crippen molar-refractivity contribution in [1.82, 2.24) is 14.5 Å². The number of aryl methyl sites for hydroxylation is 2. The van der Waals surface area contributed by atoms with E-state index in [0.717, 1.165) is 42.3 Å². The number of hydrogen-bond donors (Lipinski definition) is 0. The topological polar surface area (TPSA) is 39.9 Å². The fourth-order valence-electron chi connectivity index (χ4n) is 2.01. The van der Waals surface area contributed by atoms with Crippen molar-refractivity contribution in [3.8, 4) is 5.75 Å². The second-order valence-corrected chi connectivity index (χ2v) is 4.36. The Bertz CT molecular complexity index is 520. The van der Waals surface area contributed by atoms with E-state index in [0.29, 0.717) is 0 Å². The standard InChI is InChI=1S/C14H19N3O/c1-4-5-14-15-6-7-17(14)10-12-9-13(18-3)8-11(2)16-12/h6-9H,4-5,10H2,1-3H3. The first-order valence-corrected chi connectivity index (χ1v) is 6.24. The average molecular weight is 245 g/mol. The fraction of sp³-hybridized carbons (Fsp3) is 0.429. The number of pyridine rings is 1. The van der Waals surface area contributed by atoms with Crippen molar-refractivity contribution < 1.29 is 4.74 Å². The van der Waals surface area contributed by atoms with Crippen LogP contribution in [0.3, 0.4) is 0 Å². The van der Waals surface area contributed by atoms with Gasteiger partial charge >= 0.3 is 0 Å². The second kappa shape index (κ2) is 5.67. The molecule has 4 nitrogen and oxygen atoms in total. The molecule has 2 aromatic rings. The van der Waals surface area contributed by atoms with Gasteiger partial charge in [0.15, 0.2) is 0 Å². The summed E-state index contributed by atoms with van der Waals surface area (Å²) in [5, 5.41) is 0. The minimum atomic E-state index is 0.743. The lowest BCUT2D eigenvalue weighted by Crippen LogP contribution is -2.06. The maximum absolute atomic E-state index is 5.27. The van der Waals surface area contributed by atoms with E-state index in [9.17, 15) is 0 Å². The summed E-state index contributed by atoms with van der Waals surface area (Å²) < 4.78 is 7.41. The van der Waals surface area contributed by atoms with Crippen molar-refractivity contribution in [2.45, 2.75) is 33.2 Å². The highest BCUT2D eigenvalue weighted by molar-refractivity contribution is 5.27. The average Bonchev–Trinajstić information content (AvgIpc) is 2.76. The molecule has 0 aromatic carbocycles. The summed E-state index contributed by atoms with van der Waals surface area (Å²) in [5.41, 5.74) is 1.98. The van der Waals surface area contributed by atoms with Gasteiger partial charge in [-0.3, -0.25) is 4.98 Å². The van der Waals surface area contributed by atoms with E-state index in [2.05, 4.69) is 21.5 Å². The summed E-state index contributed by atoms with van der Waals surface area (Å²) >= 11 is 0. The molecule has 0 aliphatic heterocycles. The van der Waals surface area contributed by atoms with Crippen molar-refractivity contribution in [2.24, 2.45) is 0 Å². The Kier molecular flexibility index (Phi) is 3.97. The normalized spacial score (nSPS) is 10.6. The Labute approximate surface area is 108 Å². The number of hydrogen-bond acceptors (Lipinski definition) is 3. The van der Waals surface area contributed by atoms with Crippen LogP contribution < -0.4 is 4.74 Å². The molecule has 0 aliphatic carbocycles. The van der Waals surface area contributed by atoms with Crippen LogP contribution in [-0.2, 0) is 13.0 Å². The molecule has 2 heterocycles. The highest BCUT2D eigenvalue weighted by Crippen LogP contribution is 2.15. The summed E-state index contributed by atoms with van der Waals surface area (Å²) in [5.74, 6) is 1.97. The Morgan fingerprint density at radius 3 is 2.89 bits per heavy atom. The third-order valence-corrected chi connectivity index (χ3v) is 2.82. The minimum Gasteiger partial charge on any atom is -0.497 e. The molecule has 18 heavy (non-hydrogen) atoms. The number of ether oxygens (including phenoxy) is 1. The van der Waals surface area contributed by atoms with E-state index < -0.39 is 0 Å². The smallest absolute Gasteiger partial charge is 0.122 e. The van der Waals surface area contributed by atoms with E-state index in [4.69, 9.17) is 4.74 Å². The van der Waals surface area contributed by atoms with Gasteiger partial charge in [-0.1, -0.05) is 6.92 Å². The molecule has 0 unspecified atom stereocenters. The van der Waals surface area contributed by atoms with Crippen molar-refractivity contribution in [2.75, 3.05) is 7.11 Å². The molecular weight excluding hydrogens is 226 g/mol. The third-order valence-electron chi connectivity index (χ3n) is 2.82. The van der Waals surface area contributed by atoms with Crippen LogP contribution in [0.2, 0.25) is 0 Å². The molecule has 0 saturated heterocycles. The molecule has 0 fully saturated rings. The summed E-state index contributed by atoms with van der Waals surface area (Å²) in [6.45, 7) is 4.88. The van der Waals surface area contributed by atoms with Crippen LogP contribution in [0.4, 0.5) is 0 Å². The number of methoxy groups -OCH3 is 1. The van der Waals surface area contributed by atoms with E-state index in [-0.39, 0.29) is 0 Å². The molecule has 0 radical (unpaired) electrons. The lowest BCUT2D eigenvalue weighted by Gasteiger charge is -2.09. The van der Waals surface area contributed by atoms with Crippen molar-refractivity contribution >= 4 is 0 Å². The molecule has 0 amide bonds. The van der Waals surface area contributed by atoms with Crippen LogP contribution >= 0.6 is 0 Å². The summed E-state index contributed by atoms with van der Waals surface area (Å²) in [4.78, 5) is 8.90. The van der Waals surface area contributed by atoms with Gasteiger partial charge in [0.1, 0.15) is 11.6 Å². The van der Waals surface area contributed by atoms with Crippen LogP contribution in [-0.4, -0.2) is 21.6 Å². The number of rotatable bonds is 5. The predicted octanol–water partition coefficient (Wildman–Crippen LogP) is 2.60. The SMILES string of the molecule is CCCc1nccn1Cc1cc(OC)cc(C)n1. The van der Waals surface area contributed by atoms with Crippen molar-refractivity contribution in [3.05, 3.63) is 41.7 Å². The molecule has 96 valence electrons. The van der Waals surface area contributed by atoms with Gasteiger partial charge in [-0.2, -0.15) is 0 Å². The second-order valence-electron chi connectivity index (χ2n) is 4.36. The molecule has 2 rings (SSSR count). The van der Waals surface area contributed by atoms with Gasteiger partial charge in [0.05, 0.1) is 19.3 Å². The fourth-order valence-corrected chi connectivity index (χ4v) is 2.01. The van der Waals surface area contributed by atoms with E-state index in [1.54, 1.807) is 7.11 Å².